The molecule has 0 atom stereocenters. The molecule has 4 rings (SSSR count). The topological polar surface area (TPSA) is 69.2 Å². The van der Waals surface area contributed by atoms with Crippen molar-refractivity contribution in [2.45, 2.75) is 63.8 Å². The molecule has 1 heterocycles. The Morgan fingerprint density at radius 3 is 2.34 bits per heavy atom. The molecule has 2 aromatic rings. The Bertz CT molecular complexity index is 967. The lowest BCUT2D eigenvalue weighted by atomic mass is 9.93. The van der Waals surface area contributed by atoms with Crippen molar-refractivity contribution in [2.75, 3.05) is 21.3 Å². The predicted molar refractivity (Wildman–Crippen MR) is 129 cm³/mol. The molecule has 2 aliphatic carbocycles. The number of carbonyl (C=O) groups is 1. The highest BCUT2D eigenvalue weighted by Gasteiger charge is 2.27. The van der Waals surface area contributed by atoms with Gasteiger partial charge in [0.25, 0.3) is 5.91 Å². The third kappa shape index (κ3) is 4.77. The highest BCUT2D eigenvalue weighted by atomic mass is 32.1. The Balaban J connectivity index is 1.65. The molecule has 0 spiro atoms. The fourth-order valence-electron chi connectivity index (χ4n) is 4.69. The van der Waals surface area contributed by atoms with E-state index >= 15 is 0 Å². The van der Waals surface area contributed by atoms with Crippen molar-refractivity contribution in [1.29, 1.82) is 0 Å². The van der Waals surface area contributed by atoms with Crippen molar-refractivity contribution in [3.63, 3.8) is 0 Å². The smallest absolute Gasteiger partial charge is 0.254 e. The van der Waals surface area contributed by atoms with Gasteiger partial charge >= 0.3 is 0 Å². The largest absolute Gasteiger partial charge is 0.493 e. The van der Waals surface area contributed by atoms with Crippen molar-refractivity contribution >= 4 is 28.5 Å². The molecule has 0 bridgehead atoms. The fourth-order valence-corrected chi connectivity index (χ4v) is 5.92. The fraction of sp³-hybridized carbons (Fsp3) is 0.520. The van der Waals surface area contributed by atoms with Gasteiger partial charge < -0.3 is 19.5 Å². The van der Waals surface area contributed by atoms with Gasteiger partial charge in [0.2, 0.25) is 5.75 Å². The Morgan fingerprint density at radius 2 is 1.69 bits per heavy atom. The molecule has 172 valence electrons. The van der Waals surface area contributed by atoms with Gasteiger partial charge in [0.05, 0.1) is 26.9 Å². The van der Waals surface area contributed by atoms with Gasteiger partial charge in [-0.1, -0.05) is 19.3 Å². The van der Waals surface area contributed by atoms with Crippen LogP contribution in [0.5, 0.6) is 17.2 Å². The molecule has 7 heteroatoms. The summed E-state index contributed by atoms with van der Waals surface area (Å²) < 4.78 is 16.3. The summed E-state index contributed by atoms with van der Waals surface area (Å²) in [4.78, 5) is 19.4. The number of carbonyl (C=O) groups excluding carboxylic acids is 1. The molecule has 0 aliphatic heterocycles. The van der Waals surface area contributed by atoms with Gasteiger partial charge in [-0.3, -0.25) is 4.79 Å². The number of aliphatic imine (C=N–C) groups is 1. The van der Waals surface area contributed by atoms with Gasteiger partial charge in [0, 0.05) is 22.7 Å². The number of thiophene rings is 1. The number of fused-ring (bicyclic) bond motifs is 1. The quantitative estimate of drug-likeness (QED) is 0.561. The molecule has 1 amide bonds. The van der Waals surface area contributed by atoms with Crippen molar-refractivity contribution in [3.05, 3.63) is 33.7 Å². The predicted octanol–water partition coefficient (Wildman–Crippen LogP) is 5.47. The minimum Gasteiger partial charge on any atom is -0.493 e. The second-order valence-corrected chi connectivity index (χ2v) is 9.50. The van der Waals surface area contributed by atoms with Crippen LogP contribution in [0, 0.1) is 0 Å². The molecule has 1 fully saturated rings. The number of hydrogen-bond acceptors (Lipinski definition) is 6. The average Bonchev–Trinajstić information content (AvgIpc) is 3.21. The highest BCUT2D eigenvalue weighted by Crippen LogP contribution is 2.41. The first-order valence-electron chi connectivity index (χ1n) is 11.4. The number of rotatable bonds is 7. The van der Waals surface area contributed by atoms with Crippen LogP contribution in [0.25, 0.3) is 0 Å². The summed E-state index contributed by atoms with van der Waals surface area (Å²) in [7, 11) is 4.78. The molecule has 1 N–H and O–H groups in total. The summed E-state index contributed by atoms with van der Waals surface area (Å²) in [5, 5.41) is 4.09. The van der Waals surface area contributed by atoms with E-state index in [0.717, 1.165) is 48.2 Å². The third-order valence-corrected chi connectivity index (χ3v) is 7.54. The van der Waals surface area contributed by atoms with Gasteiger partial charge in [-0.25, -0.2) is 4.99 Å². The Morgan fingerprint density at radius 1 is 1.00 bits per heavy atom. The summed E-state index contributed by atoms with van der Waals surface area (Å²) in [6, 6.07) is 4.00. The second-order valence-electron chi connectivity index (χ2n) is 8.42. The lowest BCUT2D eigenvalue weighted by molar-refractivity contribution is 0.0927. The molecule has 0 radical (unpaired) electrons. The van der Waals surface area contributed by atoms with E-state index in [4.69, 9.17) is 19.2 Å². The Hall–Kier alpha value is -2.54. The summed E-state index contributed by atoms with van der Waals surface area (Å²) in [5.74, 6) is 1.74. The van der Waals surface area contributed by atoms with Gasteiger partial charge in [-0.05, 0) is 56.2 Å². The average molecular weight is 457 g/mol. The van der Waals surface area contributed by atoms with E-state index in [1.165, 1.54) is 36.1 Å². The molecule has 6 nitrogen and oxygen atoms in total. The van der Waals surface area contributed by atoms with Gasteiger partial charge in [-0.2, -0.15) is 0 Å². The van der Waals surface area contributed by atoms with Crippen LogP contribution in [0.2, 0.25) is 0 Å². The molecule has 1 aromatic heterocycles. The van der Waals surface area contributed by atoms with E-state index in [1.54, 1.807) is 38.9 Å². The van der Waals surface area contributed by atoms with Crippen molar-refractivity contribution in [2.24, 2.45) is 4.99 Å². The van der Waals surface area contributed by atoms with Crippen LogP contribution >= 0.6 is 11.3 Å². The van der Waals surface area contributed by atoms with E-state index in [9.17, 15) is 4.79 Å². The lowest BCUT2D eigenvalue weighted by Crippen LogP contribution is -2.36. The van der Waals surface area contributed by atoms with Gasteiger partial charge in [0.1, 0.15) is 5.00 Å². The maximum Gasteiger partial charge on any atom is 0.254 e. The number of nitrogens with one attached hydrogen (secondary N) is 1. The first-order valence-corrected chi connectivity index (χ1v) is 12.3. The SMILES string of the molecule is COc1cc(/C=N\c2sc3c(c2C(=O)NC2CCCCC2)CCCC3)cc(OC)c1OC. The second kappa shape index (κ2) is 10.4. The number of methoxy groups -OCH3 is 3. The minimum atomic E-state index is 0.0355. The van der Waals surface area contributed by atoms with Gasteiger partial charge in [0.15, 0.2) is 11.5 Å². The van der Waals surface area contributed by atoms with E-state index in [1.807, 2.05) is 12.1 Å². The van der Waals surface area contributed by atoms with Crippen molar-refractivity contribution in [1.82, 2.24) is 5.32 Å². The van der Waals surface area contributed by atoms with Crippen LogP contribution in [0.4, 0.5) is 5.00 Å². The molecule has 32 heavy (non-hydrogen) atoms. The zero-order valence-electron chi connectivity index (χ0n) is 19.2. The van der Waals surface area contributed by atoms with E-state index in [-0.39, 0.29) is 11.9 Å². The summed E-state index contributed by atoms with van der Waals surface area (Å²) >= 11 is 1.65. The van der Waals surface area contributed by atoms with Crippen LogP contribution in [0.3, 0.4) is 0 Å². The Labute approximate surface area is 194 Å². The number of hydrogen-bond donors (Lipinski definition) is 1. The zero-order chi connectivity index (χ0) is 22.5. The van der Waals surface area contributed by atoms with Crippen LogP contribution < -0.4 is 19.5 Å². The summed E-state index contributed by atoms with van der Waals surface area (Å²) in [6.07, 6.45) is 11.9. The first-order chi connectivity index (χ1) is 15.6. The van der Waals surface area contributed by atoms with Crippen molar-refractivity contribution < 1.29 is 19.0 Å². The summed E-state index contributed by atoms with van der Waals surface area (Å²) in [5.41, 5.74) is 2.80. The molecule has 0 unspecified atom stereocenters. The molecular weight excluding hydrogens is 424 g/mol. The van der Waals surface area contributed by atoms with E-state index in [0.29, 0.717) is 17.2 Å². The monoisotopic (exact) mass is 456 g/mol. The molecule has 1 saturated carbocycles. The van der Waals surface area contributed by atoms with Gasteiger partial charge in [-0.15, -0.1) is 11.3 Å². The molecular formula is C25H32N2O4S. The molecule has 2 aliphatic rings. The normalized spacial score (nSPS) is 16.6. The minimum absolute atomic E-state index is 0.0355. The Kier molecular flexibility index (Phi) is 7.35. The standard InChI is InChI=1S/C25H32N2O4S/c1-29-19-13-16(14-20(30-2)23(19)31-3)15-26-25-22(18-11-7-8-12-21(18)32-25)24(28)27-17-9-5-4-6-10-17/h13-15,17H,4-12H2,1-3H3,(H,27,28)/b26-15-. The number of nitrogens with zero attached hydrogens (tertiary/aromatic N) is 1. The van der Waals surface area contributed by atoms with E-state index in [2.05, 4.69) is 5.32 Å². The van der Waals surface area contributed by atoms with Crippen molar-refractivity contribution in [3.8, 4) is 17.2 Å². The number of benzene rings is 1. The highest BCUT2D eigenvalue weighted by molar-refractivity contribution is 7.16. The number of aryl methyl sites for hydroxylation is 1. The number of ether oxygens (including phenoxy) is 3. The first kappa shape index (κ1) is 22.6. The van der Waals surface area contributed by atoms with Crippen LogP contribution in [-0.4, -0.2) is 39.5 Å². The maximum absolute atomic E-state index is 13.3. The number of amides is 1. The zero-order valence-corrected chi connectivity index (χ0v) is 20.0. The van der Waals surface area contributed by atoms with Crippen LogP contribution in [-0.2, 0) is 12.8 Å². The van der Waals surface area contributed by atoms with Crippen LogP contribution in [0.1, 0.15) is 71.3 Å². The molecule has 0 saturated heterocycles. The lowest BCUT2D eigenvalue weighted by Gasteiger charge is -2.23. The molecule has 1 aromatic carbocycles. The van der Waals surface area contributed by atoms with E-state index < -0.39 is 0 Å². The third-order valence-electron chi connectivity index (χ3n) is 6.34. The summed E-state index contributed by atoms with van der Waals surface area (Å²) in [6.45, 7) is 0. The maximum atomic E-state index is 13.3. The van der Waals surface area contributed by atoms with Crippen LogP contribution in [0.15, 0.2) is 17.1 Å².